The van der Waals surface area contributed by atoms with Crippen molar-refractivity contribution in [3.05, 3.63) is 24.3 Å². The van der Waals surface area contributed by atoms with Gasteiger partial charge in [-0.15, -0.1) is 0 Å². The zero-order valence-corrected chi connectivity index (χ0v) is 17.9. The molecule has 0 radical (unpaired) electrons. The number of ether oxygens (including phenoxy) is 2. The van der Waals surface area contributed by atoms with Crippen molar-refractivity contribution in [3.63, 3.8) is 0 Å². The maximum Gasteiger partial charge on any atom is 0.412 e. The van der Waals surface area contributed by atoms with Crippen LogP contribution in [0.5, 0.6) is 5.75 Å². The normalized spacial score (nSPS) is 19.9. The van der Waals surface area contributed by atoms with Crippen molar-refractivity contribution in [2.45, 2.75) is 70.8 Å². The van der Waals surface area contributed by atoms with E-state index in [-0.39, 0.29) is 12.2 Å². The van der Waals surface area contributed by atoms with Crippen LogP contribution in [0, 0.1) is 5.92 Å². The molecule has 1 aromatic carbocycles. The smallest absolute Gasteiger partial charge is 0.412 e. The van der Waals surface area contributed by atoms with E-state index in [1.165, 1.54) is 32.1 Å². The Morgan fingerprint density at radius 2 is 1.89 bits per heavy atom. The second kappa shape index (κ2) is 12.7. The van der Waals surface area contributed by atoms with E-state index >= 15 is 0 Å². The van der Waals surface area contributed by atoms with Crippen molar-refractivity contribution in [2.24, 2.45) is 5.92 Å². The van der Waals surface area contributed by atoms with Crippen molar-refractivity contribution in [3.8, 4) is 5.75 Å². The van der Waals surface area contributed by atoms with E-state index in [1.54, 1.807) is 0 Å². The van der Waals surface area contributed by atoms with Gasteiger partial charge in [-0.25, -0.2) is 4.79 Å². The van der Waals surface area contributed by atoms with E-state index in [0.717, 1.165) is 32.2 Å². The van der Waals surface area contributed by atoms with Crippen molar-refractivity contribution < 1.29 is 14.3 Å². The monoisotopic (exact) mass is 390 g/mol. The summed E-state index contributed by atoms with van der Waals surface area (Å²) in [5, 5.41) is 2.90. The lowest BCUT2D eigenvalue weighted by molar-refractivity contribution is 0.0569. The lowest BCUT2D eigenvalue weighted by Crippen LogP contribution is -2.34. The molecule has 0 aromatic heterocycles. The maximum absolute atomic E-state index is 12.6. The molecule has 2 atom stereocenters. The van der Waals surface area contributed by atoms with E-state index in [9.17, 15) is 4.79 Å². The van der Waals surface area contributed by atoms with Crippen molar-refractivity contribution >= 4 is 11.8 Å². The number of amides is 1. The number of unbranched alkanes of at least 4 members (excludes halogenated alkanes) is 3. The first-order valence-corrected chi connectivity index (χ1v) is 10.9. The quantitative estimate of drug-likeness (QED) is 0.411. The number of nitrogens with zero attached hydrogens (tertiary/aromatic N) is 1. The van der Waals surface area contributed by atoms with Gasteiger partial charge in [0.05, 0.1) is 12.3 Å². The average Bonchev–Trinajstić information content (AvgIpc) is 2.87. The maximum atomic E-state index is 12.6. The fourth-order valence-electron chi connectivity index (χ4n) is 3.87. The highest BCUT2D eigenvalue weighted by Gasteiger charge is 2.27. The van der Waals surface area contributed by atoms with Gasteiger partial charge in [-0.2, -0.15) is 0 Å². The number of carbonyl (C=O) groups is 1. The van der Waals surface area contributed by atoms with Gasteiger partial charge < -0.3 is 14.4 Å². The highest BCUT2D eigenvalue weighted by molar-refractivity contribution is 5.86. The molecule has 0 bridgehead atoms. The minimum absolute atomic E-state index is 0.0213. The van der Waals surface area contributed by atoms with Gasteiger partial charge in [-0.05, 0) is 51.9 Å². The molecular formula is C23H38N2O3. The zero-order chi connectivity index (χ0) is 20.2. The van der Waals surface area contributed by atoms with E-state index in [2.05, 4.69) is 31.2 Å². The van der Waals surface area contributed by atoms with E-state index < -0.39 is 0 Å². The van der Waals surface area contributed by atoms with Crippen molar-refractivity contribution in [1.29, 1.82) is 0 Å². The summed E-state index contributed by atoms with van der Waals surface area (Å²) in [7, 11) is 4.16. The van der Waals surface area contributed by atoms with Gasteiger partial charge in [0.25, 0.3) is 0 Å². The topological polar surface area (TPSA) is 50.8 Å². The highest BCUT2D eigenvalue weighted by atomic mass is 16.6. The summed E-state index contributed by atoms with van der Waals surface area (Å²) in [5.41, 5.74) is 0.681. The Labute approximate surface area is 170 Å². The van der Waals surface area contributed by atoms with Gasteiger partial charge in [0.1, 0.15) is 11.9 Å². The number of benzene rings is 1. The van der Waals surface area contributed by atoms with Crippen LogP contribution in [0.25, 0.3) is 0 Å². The largest absolute Gasteiger partial charge is 0.491 e. The van der Waals surface area contributed by atoms with Crippen LogP contribution >= 0.6 is 0 Å². The molecule has 1 saturated carbocycles. The number of para-hydroxylation sites is 2. The lowest BCUT2D eigenvalue weighted by atomic mass is 9.97. The first-order chi connectivity index (χ1) is 13.6. The molecule has 1 aliphatic rings. The Kier molecular flexibility index (Phi) is 10.2. The van der Waals surface area contributed by atoms with Crippen molar-refractivity contribution in [2.75, 3.05) is 32.6 Å². The molecule has 5 heteroatoms. The van der Waals surface area contributed by atoms with Crippen LogP contribution in [-0.4, -0.2) is 44.3 Å². The Morgan fingerprint density at radius 3 is 2.68 bits per heavy atom. The second-order valence-electron chi connectivity index (χ2n) is 8.13. The standard InChI is InChI=1S/C23H38N2O3/c1-4-5-6-12-17-27-22-16-11-10-14-20(22)24-23(26)28-21-15-9-7-8-13-19(21)18-25(2)3/h10-11,14,16,19,21H,4-9,12-13,15,17-18H2,1-3H3,(H,24,26)/t19-,21-/m1/s1. The summed E-state index contributed by atoms with van der Waals surface area (Å²) < 4.78 is 11.8. The third-order valence-electron chi connectivity index (χ3n) is 5.33. The van der Waals surface area contributed by atoms with Gasteiger partial charge in [0.15, 0.2) is 0 Å². The fraction of sp³-hybridized carbons (Fsp3) is 0.696. The number of anilines is 1. The molecule has 5 nitrogen and oxygen atoms in total. The summed E-state index contributed by atoms with van der Waals surface area (Å²) in [6.07, 6.45) is 9.86. The highest BCUT2D eigenvalue weighted by Crippen LogP contribution is 2.28. The minimum Gasteiger partial charge on any atom is -0.491 e. The summed E-state index contributed by atoms with van der Waals surface area (Å²) in [6.45, 7) is 3.82. The van der Waals surface area contributed by atoms with Gasteiger partial charge >= 0.3 is 6.09 Å². The molecule has 1 aliphatic carbocycles. The summed E-state index contributed by atoms with van der Waals surface area (Å²) in [4.78, 5) is 14.8. The van der Waals surface area contributed by atoms with E-state index in [1.807, 2.05) is 24.3 Å². The van der Waals surface area contributed by atoms with E-state index in [4.69, 9.17) is 9.47 Å². The number of hydrogen-bond donors (Lipinski definition) is 1. The number of nitrogens with one attached hydrogen (secondary N) is 1. The Balaban J connectivity index is 1.90. The molecule has 2 rings (SSSR count). The molecule has 0 heterocycles. The van der Waals surface area contributed by atoms with Gasteiger partial charge in [-0.3, -0.25) is 5.32 Å². The van der Waals surface area contributed by atoms with Crippen LogP contribution in [0.2, 0.25) is 0 Å². The number of hydrogen-bond acceptors (Lipinski definition) is 4. The molecule has 0 aliphatic heterocycles. The average molecular weight is 391 g/mol. The number of carbonyl (C=O) groups excluding carboxylic acids is 1. The van der Waals surface area contributed by atoms with Crippen LogP contribution in [0.4, 0.5) is 10.5 Å². The van der Waals surface area contributed by atoms with Gasteiger partial charge in [0, 0.05) is 12.5 Å². The molecule has 1 N–H and O–H groups in total. The van der Waals surface area contributed by atoms with Gasteiger partial charge in [0.2, 0.25) is 0 Å². The van der Waals surface area contributed by atoms with Crippen LogP contribution in [0.15, 0.2) is 24.3 Å². The lowest BCUT2D eigenvalue weighted by Gasteiger charge is -2.27. The van der Waals surface area contributed by atoms with Gasteiger partial charge in [-0.1, -0.05) is 51.2 Å². The summed E-state index contributed by atoms with van der Waals surface area (Å²) in [6, 6.07) is 7.60. The second-order valence-corrected chi connectivity index (χ2v) is 8.13. The third kappa shape index (κ3) is 8.09. The predicted molar refractivity (Wildman–Crippen MR) is 115 cm³/mol. The molecule has 28 heavy (non-hydrogen) atoms. The Morgan fingerprint density at radius 1 is 1.11 bits per heavy atom. The molecule has 1 fully saturated rings. The fourth-order valence-corrected chi connectivity index (χ4v) is 3.87. The van der Waals surface area contributed by atoms with Crippen LogP contribution in [0.3, 0.4) is 0 Å². The third-order valence-corrected chi connectivity index (χ3v) is 5.33. The molecule has 1 amide bonds. The molecule has 0 spiro atoms. The molecule has 0 unspecified atom stereocenters. The molecular weight excluding hydrogens is 352 g/mol. The predicted octanol–water partition coefficient (Wildman–Crippen LogP) is 5.70. The first-order valence-electron chi connectivity index (χ1n) is 10.9. The van der Waals surface area contributed by atoms with Crippen LogP contribution < -0.4 is 10.1 Å². The molecule has 1 aromatic rings. The van der Waals surface area contributed by atoms with Crippen molar-refractivity contribution in [1.82, 2.24) is 4.90 Å². The molecule has 0 saturated heterocycles. The first kappa shape index (κ1) is 22.5. The Bertz CT molecular complexity index is 577. The number of rotatable bonds is 10. The summed E-state index contributed by atoms with van der Waals surface area (Å²) in [5.74, 6) is 1.11. The Hall–Kier alpha value is -1.75. The molecule has 158 valence electrons. The van der Waals surface area contributed by atoms with Crippen LogP contribution in [0.1, 0.15) is 64.7 Å². The SMILES string of the molecule is CCCCCCOc1ccccc1NC(=O)O[C@@H]1CCCCC[C@@H]1CN(C)C. The summed E-state index contributed by atoms with van der Waals surface area (Å²) >= 11 is 0. The van der Waals surface area contributed by atoms with Crippen LogP contribution in [-0.2, 0) is 4.74 Å². The zero-order valence-electron chi connectivity index (χ0n) is 17.9. The van der Waals surface area contributed by atoms with E-state index in [0.29, 0.717) is 24.0 Å². The minimum atomic E-state index is -0.377.